The van der Waals surface area contributed by atoms with E-state index in [1.165, 1.54) is 18.9 Å². The normalized spacial score (nSPS) is 16.1. The second-order valence-corrected chi connectivity index (χ2v) is 7.13. The van der Waals surface area contributed by atoms with Gasteiger partial charge in [-0.05, 0) is 28.3 Å². The van der Waals surface area contributed by atoms with Crippen LogP contribution in [0.15, 0.2) is 48.5 Å². The van der Waals surface area contributed by atoms with Crippen LogP contribution >= 0.6 is 0 Å². The number of carbonyl (C=O) groups is 4. The molecule has 0 radical (unpaired) electrons. The Balaban J connectivity index is 1.62. The van der Waals surface area contributed by atoms with Crippen molar-refractivity contribution in [2.24, 2.45) is 5.92 Å². The first-order valence-corrected chi connectivity index (χ1v) is 9.35. The highest BCUT2D eigenvalue weighted by Gasteiger charge is 2.41. The van der Waals surface area contributed by atoms with E-state index in [2.05, 4.69) is 10.6 Å². The highest BCUT2D eigenvalue weighted by Crippen LogP contribution is 2.21. The number of Topliss-reactive ketones (excluding diaryl/α,β-unsaturated/α-hetero) is 1. The Labute approximate surface area is 169 Å². The first-order chi connectivity index (χ1) is 13.8. The van der Waals surface area contributed by atoms with Crippen molar-refractivity contribution in [2.45, 2.75) is 20.0 Å². The average Bonchev–Trinajstić information content (AvgIpc) is 2.98. The number of carbonyl (C=O) groups excluding carboxylic acids is 4. The maximum atomic E-state index is 12.3. The molecular weight excluding hydrogens is 370 g/mol. The molecule has 0 saturated carbocycles. The summed E-state index contributed by atoms with van der Waals surface area (Å²) in [7, 11) is 1.51. The maximum absolute atomic E-state index is 12.3. The third kappa shape index (κ3) is 4.87. The summed E-state index contributed by atoms with van der Waals surface area (Å²) in [4.78, 5) is 48.0. The maximum Gasteiger partial charge on any atom is 0.290 e. The van der Waals surface area contributed by atoms with Crippen molar-refractivity contribution in [2.75, 3.05) is 13.6 Å². The van der Waals surface area contributed by atoms with Crippen molar-refractivity contribution < 1.29 is 19.2 Å². The minimum atomic E-state index is -0.938. The monoisotopic (exact) mass is 393 g/mol. The van der Waals surface area contributed by atoms with Gasteiger partial charge in [-0.2, -0.15) is 0 Å². The molecule has 150 valence electrons. The molecule has 1 aliphatic rings. The Morgan fingerprint density at radius 2 is 1.66 bits per heavy atom. The van der Waals surface area contributed by atoms with Gasteiger partial charge in [-0.15, -0.1) is 0 Å². The lowest BCUT2D eigenvalue weighted by molar-refractivity contribution is -0.142. The molecule has 0 spiro atoms. The van der Waals surface area contributed by atoms with Gasteiger partial charge < -0.3 is 15.5 Å². The van der Waals surface area contributed by atoms with Crippen LogP contribution in [0.25, 0.3) is 11.1 Å². The summed E-state index contributed by atoms with van der Waals surface area (Å²) in [6.45, 7) is 2.36. The number of nitrogens with zero attached hydrogens (tertiary/aromatic N) is 1. The molecule has 29 heavy (non-hydrogen) atoms. The summed E-state index contributed by atoms with van der Waals surface area (Å²) in [5.41, 5.74) is 3.91. The molecule has 0 bridgehead atoms. The molecule has 1 fully saturated rings. The Hall–Kier alpha value is -3.48. The Morgan fingerprint density at radius 1 is 0.966 bits per heavy atom. The summed E-state index contributed by atoms with van der Waals surface area (Å²) < 4.78 is 0. The highest BCUT2D eigenvalue weighted by atomic mass is 16.2. The lowest BCUT2D eigenvalue weighted by Crippen LogP contribution is -2.35. The van der Waals surface area contributed by atoms with E-state index in [0.717, 1.165) is 22.3 Å². The van der Waals surface area contributed by atoms with Gasteiger partial charge in [0.05, 0.1) is 0 Å². The van der Waals surface area contributed by atoms with E-state index in [-0.39, 0.29) is 19.0 Å². The van der Waals surface area contributed by atoms with E-state index in [4.69, 9.17) is 0 Å². The van der Waals surface area contributed by atoms with Gasteiger partial charge in [-0.3, -0.25) is 19.2 Å². The number of likely N-dealkylation sites (tertiary alicyclic amines) is 1. The number of likely N-dealkylation sites (N-methyl/N-ethyl adjacent to an activating group) is 1. The molecule has 1 heterocycles. The molecule has 0 aromatic heterocycles. The van der Waals surface area contributed by atoms with Crippen LogP contribution in [0.4, 0.5) is 0 Å². The predicted molar refractivity (Wildman–Crippen MR) is 107 cm³/mol. The van der Waals surface area contributed by atoms with E-state index in [9.17, 15) is 19.2 Å². The number of benzene rings is 2. The Morgan fingerprint density at radius 3 is 2.28 bits per heavy atom. The fourth-order valence-corrected chi connectivity index (χ4v) is 3.19. The minimum Gasteiger partial charge on any atom is -0.352 e. The predicted octanol–water partition coefficient (Wildman–Crippen LogP) is 1.26. The summed E-state index contributed by atoms with van der Waals surface area (Å²) in [5, 5.41) is 5.51. The molecule has 7 heteroatoms. The number of rotatable bonds is 6. The molecule has 1 atom stereocenters. The molecule has 3 amide bonds. The fraction of sp³-hybridized carbons (Fsp3) is 0.273. The quantitative estimate of drug-likeness (QED) is 0.571. The van der Waals surface area contributed by atoms with Crippen molar-refractivity contribution in [1.82, 2.24) is 15.5 Å². The van der Waals surface area contributed by atoms with Gasteiger partial charge in [0.1, 0.15) is 5.92 Å². The topological polar surface area (TPSA) is 95.6 Å². The summed E-state index contributed by atoms with van der Waals surface area (Å²) in [5.74, 6) is -2.71. The van der Waals surface area contributed by atoms with Crippen LogP contribution < -0.4 is 10.6 Å². The molecule has 0 aliphatic carbocycles. The third-order valence-electron chi connectivity index (χ3n) is 4.87. The lowest BCUT2D eigenvalue weighted by Gasteiger charge is -2.11. The first kappa shape index (κ1) is 20.3. The molecule has 1 saturated heterocycles. The molecule has 3 rings (SSSR count). The molecule has 7 nitrogen and oxygen atoms in total. The number of ketones is 1. The van der Waals surface area contributed by atoms with E-state index in [0.29, 0.717) is 6.54 Å². The van der Waals surface area contributed by atoms with E-state index >= 15 is 0 Å². The van der Waals surface area contributed by atoms with Gasteiger partial charge in [0, 0.05) is 33.6 Å². The Kier molecular flexibility index (Phi) is 6.07. The second kappa shape index (κ2) is 8.68. The van der Waals surface area contributed by atoms with Gasteiger partial charge in [0.2, 0.25) is 17.6 Å². The number of nitrogens with one attached hydrogen (secondary N) is 2. The molecule has 1 unspecified atom stereocenters. The van der Waals surface area contributed by atoms with Crippen LogP contribution in [0.1, 0.15) is 18.1 Å². The van der Waals surface area contributed by atoms with Gasteiger partial charge in [-0.1, -0.05) is 42.5 Å². The Bertz CT molecular complexity index is 953. The number of hydrogen-bond donors (Lipinski definition) is 2. The van der Waals surface area contributed by atoms with Crippen molar-refractivity contribution in [1.29, 1.82) is 0 Å². The van der Waals surface area contributed by atoms with Gasteiger partial charge >= 0.3 is 0 Å². The van der Waals surface area contributed by atoms with Crippen molar-refractivity contribution in [3.05, 3.63) is 59.7 Å². The van der Waals surface area contributed by atoms with Crippen LogP contribution in [-0.4, -0.2) is 42.0 Å². The number of amides is 3. The van der Waals surface area contributed by atoms with Crippen molar-refractivity contribution in [3.63, 3.8) is 0 Å². The number of hydrogen-bond acceptors (Lipinski definition) is 4. The zero-order valence-electron chi connectivity index (χ0n) is 16.4. The van der Waals surface area contributed by atoms with Crippen LogP contribution in [-0.2, 0) is 32.3 Å². The van der Waals surface area contributed by atoms with Crippen molar-refractivity contribution in [3.8, 4) is 11.1 Å². The van der Waals surface area contributed by atoms with Gasteiger partial charge in [0.15, 0.2) is 0 Å². The summed E-state index contributed by atoms with van der Waals surface area (Å²) in [6, 6.07) is 15.6. The minimum absolute atomic E-state index is 0.0702. The average molecular weight is 393 g/mol. The van der Waals surface area contributed by atoms with E-state index in [1.807, 2.05) is 48.5 Å². The smallest absolute Gasteiger partial charge is 0.290 e. The molecule has 2 N–H and O–H groups in total. The second-order valence-electron chi connectivity index (χ2n) is 7.13. The summed E-state index contributed by atoms with van der Waals surface area (Å²) >= 11 is 0. The van der Waals surface area contributed by atoms with Crippen LogP contribution in [0.3, 0.4) is 0 Å². The van der Waals surface area contributed by atoms with Crippen LogP contribution in [0, 0.1) is 5.92 Å². The highest BCUT2D eigenvalue weighted by molar-refractivity contribution is 6.42. The van der Waals surface area contributed by atoms with E-state index < -0.39 is 23.5 Å². The molecule has 2 aromatic rings. The van der Waals surface area contributed by atoms with Gasteiger partial charge in [-0.25, -0.2) is 0 Å². The first-order valence-electron chi connectivity index (χ1n) is 9.35. The van der Waals surface area contributed by atoms with E-state index in [1.54, 1.807) is 0 Å². The zero-order valence-corrected chi connectivity index (χ0v) is 16.4. The zero-order chi connectivity index (χ0) is 21.0. The molecule has 1 aliphatic heterocycles. The SMILES string of the molecule is CC(=O)NCc1ccc(-c2cccc(CNC(=O)C3CN(C)C(=O)C3=O)c2)cc1. The van der Waals surface area contributed by atoms with Crippen molar-refractivity contribution >= 4 is 23.5 Å². The lowest BCUT2D eigenvalue weighted by atomic mass is 10.0. The third-order valence-corrected chi connectivity index (χ3v) is 4.87. The molecule has 2 aromatic carbocycles. The van der Waals surface area contributed by atoms with Crippen LogP contribution in [0.5, 0.6) is 0 Å². The standard InChI is InChI=1S/C22H23N3O4/c1-14(26)23-11-15-6-8-17(9-7-15)18-5-3-4-16(10-18)12-24-21(28)19-13-25(2)22(29)20(19)27/h3-10,19H,11-13H2,1-2H3,(H,23,26)(H,24,28). The fourth-order valence-electron chi connectivity index (χ4n) is 3.19. The summed E-state index contributed by atoms with van der Waals surface area (Å²) in [6.07, 6.45) is 0. The van der Waals surface area contributed by atoms with Crippen LogP contribution in [0.2, 0.25) is 0 Å². The van der Waals surface area contributed by atoms with Gasteiger partial charge in [0.25, 0.3) is 5.91 Å². The largest absolute Gasteiger partial charge is 0.352 e. The molecular formula is C22H23N3O4.